The van der Waals surface area contributed by atoms with E-state index in [1.807, 2.05) is 0 Å². The second kappa shape index (κ2) is 30.3. The number of ether oxygens (including phenoxy) is 1. The molecule has 0 saturated heterocycles. The third-order valence-corrected chi connectivity index (χ3v) is 9.06. The minimum atomic E-state index is -3.30. The van der Waals surface area contributed by atoms with Crippen LogP contribution in [0.1, 0.15) is 180 Å². The van der Waals surface area contributed by atoms with Gasteiger partial charge in [-0.05, 0) is 25.7 Å². The molecule has 0 radical (unpaired) electrons. The second-order valence-electron chi connectivity index (χ2n) is 12.6. The van der Waals surface area contributed by atoms with Crippen LogP contribution in [0.5, 0.6) is 0 Å². The van der Waals surface area contributed by atoms with E-state index in [2.05, 4.69) is 0 Å². The van der Waals surface area contributed by atoms with Crippen LogP contribution in [0, 0.1) is 0 Å². The summed E-state index contributed by atoms with van der Waals surface area (Å²) in [6.07, 6.45) is 31.6. The van der Waals surface area contributed by atoms with Gasteiger partial charge < -0.3 is 4.74 Å². The quantitative estimate of drug-likeness (QED) is 0.0282. The van der Waals surface area contributed by atoms with Crippen molar-refractivity contribution >= 4 is 32.2 Å². The molecule has 0 aromatic rings. The number of esters is 2. The molecule has 0 heterocycles. The summed E-state index contributed by atoms with van der Waals surface area (Å²) >= 11 is 0. The maximum Gasteiger partial charge on any atom is 0.313 e. The van der Waals surface area contributed by atoms with Crippen LogP contribution in [-0.2, 0) is 42.9 Å². The van der Waals surface area contributed by atoms with Crippen LogP contribution in [0.4, 0.5) is 0 Å². The topological polar surface area (TPSA) is 130 Å². The average molecular weight is 683 g/mol. The molecule has 0 unspecified atom stereocenters. The lowest BCUT2D eigenvalue weighted by Crippen LogP contribution is -2.11. The van der Waals surface area contributed by atoms with E-state index in [1.165, 1.54) is 89.9 Å². The van der Waals surface area contributed by atoms with E-state index in [1.54, 1.807) is 0 Å². The predicted molar refractivity (Wildman–Crippen MR) is 182 cm³/mol. The first-order valence-corrected chi connectivity index (χ1v) is 21.6. The number of hydrogen-bond donors (Lipinski definition) is 0. The van der Waals surface area contributed by atoms with Gasteiger partial charge in [0.1, 0.15) is 0 Å². The molecule has 0 amide bonds. The van der Waals surface area contributed by atoms with Crippen molar-refractivity contribution in [1.29, 1.82) is 0 Å². The van der Waals surface area contributed by atoms with Crippen LogP contribution in [0.15, 0.2) is 0 Å². The van der Waals surface area contributed by atoms with Crippen molar-refractivity contribution in [1.82, 2.24) is 0 Å². The van der Waals surface area contributed by atoms with Crippen LogP contribution < -0.4 is 0 Å². The molecule has 0 aromatic heterocycles. The lowest BCUT2D eigenvalue weighted by Gasteiger charge is -2.05. The van der Waals surface area contributed by atoms with Crippen molar-refractivity contribution < 1.29 is 39.5 Å². The zero-order chi connectivity index (χ0) is 33.5. The minimum absolute atomic E-state index is 0.294. The Hall–Kier alpha value is -1.04. The van der Waals surface area contributed by atoms with Crippen LogP contribution in [0.2, 0.25) is 0 Å². The highest BCUT2D eigenvalue weighted by Gasteiger charge is 2.10. The van der Waals surface area contributed by atoms with Gasteiger partial charge in [0.05, 0.1) is 25.7 Å². The number of hydrogen-bond acceptors (Lipinski definition) is 9. The van der Waals surface area contributed by atoms with E-state index in [-0.39, 0.29) is 11.9 Å². The molecule has 0 saturated carbocycles. The van der Waals surface area contributed by atoms with Gasteiger partial charge in [0.15, 0.2) is 0 Å². The lowest BCUT2D eigenvalue weighted by atomic mass is 10.0. The zero-order valence-electron chi connectivity index (χ0n) is 28.7. The summed E-state index contributed by atoms with van der Waals surface area (Å²) < 4.78 is 58.0. The molecular weight excluding hydrogens is 616 g/mol. The summed E-state index contributed by atoms with van der Waals surface area (Å²) in [6.45, 7) is 0.587. The molecule has 0 atom stereocenters. The van der Waals surface area contributed by atoms with Gasteiger partial charge in [0.2, 0.25) is 0 Å². The maximum absolute atomic E-state index is 11.9. The molecule has 0 fully saturated rings. The highest BCUT2D eigenvalue weighted by molar-refractivity contribution is 7.86. The van der Waals surface area contributed by atoms with Crippen molar-refractivity contribution in [3.05, 3.63) is 0 Å². The Labute approximate surface area is 276 Å². The molecule has 0 aliphatic heterocycles. The molecule has 0 aromatic carbocycles. The van der Waals surface area contributed by atoms with Gasteiger partial charge in [-0.2, -0.15) is 16.8 Å². The number of unbranched alkanes of at least 4 members (excludes halogenated alkanes) is 24. The monoisotopic (exact) mass is 682 g/mol. The SMILES string of the molecule is CS(=O)(=O)OCCCCCCCCCCCCCCCC(=O)OC(=O)CCCCCCCCCCCCCCCOS(C)(=O)=O. The van der Waals surface area contributed by atoms with Gasteiger partial charge in [0.25, 0.3) is 20.2 Å². The first-order chi connectivity index (χ1) is 21.5. The van der Waals surface area contributed by atoms with Crippen molar-refractivity contribution in [2.75, 3.05) is 25.7 Å². The fourth-order valence-corrected chi connectivity index (χ4v) is 6.12. The van der Waals surface area contributed by atoms with E-state index in [0.29, 0.717) is 26.1 Å². The van der Waals surface area contributed by atoms with E-state index >= 15 is 0 Å². The standard InChI is InChI=1S/C34H66O9S2/c1-44(37,38)41-31-27-23-19-15-11-7-3-5-9-13-17-21-25-29-33(35)43-34(36)30-26-22-18-14-10-6-4-8-12-16-20-24-28-32-42-45(2,39)40/h3-32H2,1-2H3. The van der Waals surface area contributed by atoms with Crippen LogP contribution in [0.3, 0.4) is 0 Å². The Morgan fingerprint density at radius 2 is 0.556 bits per heavy atom. The molecule has 45 heavy (non-hydrogen) atoms. The van der Waals surface area contributed by atoms with Crippen molar-refractivity contribution in [3.63, 3.8) is 0 Å². The molecular formula is C34H66O9S2. The fraction of sp³-hybridized carbons (Fsp3) is 0.941. The van der Waals surface area contributed by atoms with Gasteiger partial charge >= 0.3 is 11.9 Å². The molecule has 0 spiro atoms. The smallest absolute Gasteiger partial charge is 0.313 e. The Morgan fingerprint density at radius 3 is 0.778 bits per heavy atom. The van der Waals surface area contributed by atoms with E-state index in [0.717, 1.165) is 89.6 Å². The van der Waals surface area contributed by atoms with Crippen LogP contribution >= 0.6 is 0 Å². The summed E-state index contributed by atoms with van der Waals surface area (Å²) in [5, 5.41) is 0. The third-order valence-electron chi connectivity index (χ3n) is 7.87. The van der Waals surface area contributed by atoms with Gasteiger partial charge in [0, 0.05) is 12.8 Å². The summed E-state index contributed by atoms with van der Waals surface area (Å²) in [4.78, 5) is 23.8. The van der Waals surface area contributed by atoms with Crippen LogP contribution in [-0.4, -0.2) is 54.5 Å². The summed E-state index contributed by atoms with van der Waals surface area (Å²) in [7, 11) is -6.61. The molecule has 0 aliphatic carbocycles. The van der Waals surface area contributed by atoms with E-state index in [4.69, 9.17) is 13.1 Å². The third kappa shape index (κ3) is 39.1. The molecule has 0 aliphatic rings. The second-order valence-corrected chi connectivity index (χ2v) is 15.9. The van der Waals surface area contributed by atoms with Crippen molar-refractivity contribution in [2.24, 2.45) is 0 Å². The predicted octanol–water partition coefficient (Wildman–Crippen LogP) is 8.93. The first kappa shape index (κ1) is 44.0. The number of carbonyl (C=O) groups excluding carboxylic acids is 2. The van der Waals surface area contributed by atoms with Crippen molar-refractivity contribution in [2.45, 2.75) is 180 Å². The summed E-state index contributed by atoms with van der Waals surface area (Å²) in [6, 6.07) is 0. The number of carbonyl (C=O) groups is 2. The highest BCUT2D eigenvalue weighted by atomic mass is 32.2. The molecule has 268 valence electrons. The normalized spacial score (nSPS) is 12.0. The minimum Gasteiger partial charge on any atom is -0.393 e. The lowest BCUT2D eigenvalue weighted by molar-refractivity contribution is -0.159. The molecule has 11 heteroatoms. The first-order valence-electron chi connectivity index (χ1n) is 17.9. The zero-order valence-corrected chi connectivity index (χ0v) is 30.3. The van der Waals surface area contributed by atoms with Crippen molar-refractivity contribution in [3.8, 4) is 0 Å². The van der Waals surface area contributed by atoms with Crippen LogP contribution in [0.25, 0.3) is 0 Å². The Morgan fingerprint density at radius 1 is 0.356 bits per heavy atom. The molecule has 0 N–H and O–H groups in total. The molecule has 0 rings (SSSR count). The maximum atomic E-state index is 11.9. The fourth-order valence-electron chi connectivity index (χ4n) is 5.28. The number of rotatable bonds is 34. The highest BCUT2D eigenvalue weighted by Crippen LogP contribution is 2.15. The van der Waals surface area contributed by atoms with E-state index < -0.39 is 20.2 Å². The molecule has 0 bridgehead atoms. The van der Waals surface area contributed by atoms with E-state index in [9.17, 15) is 26.4 Å². The summed E-state index contributed by atoms with van der Waals surface area (Å²) in [5.74, 6) is -0.771. The van der Waals surface area contributed by atoms with Gasteiger partial charge in [-0.1, -0.05) is 141 Å². The van der Waals surface area contributed by atoms with Gasteiger partial charge in [-0.15, -0.1) is 0 Å². The molecule has 9 nitrogen and oxygen atoms in total. The summed E-state index contributed by atoms with van der Waals surface area (Å²) in [5.41, 5.74) is 0. The van der Waals surface area contributed by atoms with Gasteiger partial charge in [-0.3, -0.25) is 18.0 Å². The average Bonchev–Trinajstić information content (AvgIpc) is 2.95. The van der Waals surface area contributed by atoms with Gasteiger partial charge in [-0.25, -0.2) is 0 Å². The Balaban J connectivity index is 3.32. The largest absolute Gasteiger partial charge is 0.393 e. The Kier molecular flexibility index (Phi) is 29.6. The Bertz CT molecular complexity index is 844.